The van der Waals surface area contributed by atoms with E-state index < -0.39 is 28.1 Å². The molecule has 0 saturated carbocycles. The van der Waals surface area contributed by atoms with Gasteiger partial charge < -0.3 is 14.8 Å². The maximum atomic E-state index is 12.9. The summed E-state index contributed by atoms with van der Waals surface area (Å²) in [6.07, 6.45) is 1.52. The molecule has 1 heterocycles. The lowest BCUT2D eigenvalue weighted by Crippen LogP contribution is -2.45. The van der Waals surface area contributed by atoms with Crippen molar-refractivity contribution in [1.82, 2.24) is 5.32 Å². The number of amides is 1. The first-order valence-corrected chi connectivity index (χ1v) is 12.1. The lowest BCUT2D eigenvalue weighted by Gasteiger charge is -2.38. The van der Waals surface area contributed by atoms with Crippen LogP contribution >= 0.6 is 23.2 Å². The van der Waals surface area contributed by atoms with E-state index in [1.165, 1.54) is 12.1 Å². The molecule has 31 heavy (non-hydrogen) atoms. The van der Waals surface area contributed by atoms with Gasteiger partial charge in [0.15, 0.2) is 0 Å². The van der Waals surface area contributed by atoms with Crippen molar-refractivity contribution in [3.63, 3.8) is 0 Å². The van der Waals surface area contributed by atoms with Gasteiger partial charge in [0.2, 0.25) is 15.9 Å². The fourth-order valence-electron chi connectivity index (χ4n) is 3.52. The fourth-order valence-corrected chi connectivity index (χ4v) is 4.81. The highest BCUT2D eigenvalue weighted by molar-refractivity contribution is 7.92. The largest absolute Gasteiger partial charge is 0.497 e. The average Bonchev–Trinajstić information content (AvgIpc) is 2.66. The van der Waals surface area contributed by atoms with Crippen LogP contribution in [0.5, 0.6) is 11.5 Å². The van der Waals surface area contributed by atoms with Crippen LogP contribution < -0.4 is 19.1 Å². The Morgan fingerprint density at radius 1 is 1.26 bits per heavy atom. The van der Waals surface area contributed by atoms with Crippen LogP contribution in [-0.4, -0.2) is 39.8 Å². The number of methoxy groups -OCH3 is 1. The SMILES string of the molecule is COc1ccc2c(c1)OC(C)(C)CC2NC(=O)CN(c1cc(Cl)ccc1Cl)S(C)(=O)=O. The Bertz CT molecular complexity index is 1100. The molecule has 0 fully saturated rings. The summed E-state index contributed by atoms with van der Waals surface area (Å²) in [4.78, 5) is 12.9. The van der Waals surface area contributed by atoms with Gasteiger partial charge in [-0.1, -0.05) is 23.2 Å². The zero-order valence-electron chi connectivity index (χ0n) is 17.6. The molecule has 7 nitrogen and oxygen atoms in total. The van der Waals surface area contributed by atoms with E-state index in [1.807, 2.05) is 19.9 Å². The predicted molar refractivity (Wildman–Crippen MR) is 122 cm³/mol. The topological polar surface area (TPSA) is 84.9 Å². The van der Waals surface area contributed by atoms with E-state index in [0.29, 0.717) is 22.9 Å². The maximum absolute atomic E-state index is 12.9. The molecule has 168 valence electrons. The highest BCUT2D eigenvalue weighted by Gasteiger charge is 2.35. The van der Waals surface area contributed by atoms with Crippen LogP contribution in [0.15, 0.2) is 36.4 Å². The molecule has 1 aliphatic heterocycles. The molecule has 0 aromatic heterocycles. The molecule has 1 atom stereocenters. The van der Waals surface area contributed by atoms with E-state index in [4.69, 9.17) is 32.7 Å². The quantitative estimate of drug-likeness (QED) is 0.661. The van der Waals surface area contributed by atoms with E-state index in [9.17, 15) is 13.2 Å². The van der Waals surface area contributed by atoms with Crippen molar-refractivity contribution in [3.05, 3.63) is 52.0 Å². The molecule has 1 unspecified atom stereocenters. The van der Waals surface area contributed by atoms with Gasteiger partial charge in [-0.25, -0.2) is 8.42 Å². The van der Waals surface area contributed by atoms with Crippen molar-refractivity contribution in [1.29, 1.82) is 0 Å². The van der Waals surface area contributed by atoms with Gasteiger partial charge in [0.1, 0.15) is 23.6 Å². The zero-order chi connectivity index (χ0) is 23.0. The molecule has 3 rings (SSSR count). The first kappa shape index (κ1) is 23.5. The fraction of sp³-hybridized carbons (Fsp3) is 0.381. The molecular formula is C21H24Cl2N2O5S. The molecule has 10 heteroatoms. The minimum absolute atomic E-state index is 0.143. The Kier molecular flexibility index (Phi) is 6.64. The van der Waals surface area contributed by atoms with Gasteiger partial charge in [-0.2, -0.15) is 0 Å². The van der Waals surface area contributed by atoms with Crippen LogP contribution in [0.4, 0.5) is 5.69 Å². The summed E-state index contributed by atoms with van der Waals surface area (Å²) in [5.41, 5.74) is 0.397. The van der Waals surface area contributed by atoms with Crippen LogP contribution in [0.25, 0.3) is 0 Å². The van der Waals surface area contributed by atoms with E-state index in [2.05, 4.69) is 5.32 Å². The Morgan fingerprint density at radius 3 is 2.61 bits per heavy atom. The summed E-state index contributed by atoms with van der Waals surface area (Å²) < 4.78 is 37.0. The molecule has 0 bridgehead atoms. The number of hydrogen-bond acceptors (Lipinski definition) is 5. The number of benzene rings is 2. The molecule has 0 aliphatic carbocycles. The number of carbonyl (C=O) groups excluding carboxylic acids is 1. The Balaban J connectivity index is 1.87. The van der Waals surface area contributed by atoms with E-state index in [1.54, 1.807) is 25.3 Å². The van der Waals surface area contributed by atoms with Gasteiger partial charge in [-0.15, -0.1) is 0 Å². The molecule has 1 N–H and O–H groups in total. The molecule has 1 amide bonds. The van der Waals surface area contributed by atoms with Gasteiger partial charge in [0.25, 0.3) is 0 Å². The number of halogens is 2. The summed E-state index contributed by atoms with van der Waals surface area (Å²) in [7, 11) is -2.23. The zero-order valence-corrected chi connectivity index (χ0v) is 19.9. The Morgan fingerprint density at radius 2 is 1.97 bits per heavy atom. The van der Waals surface area contributed by atoms with Gasteiger partial charge in [0.05, 0.1) is 30.1 Å². The number of sulfonamides is 1. The third-order valence-electron chi connectivity index (χ3n) is 4.88. The third-order valence-corrected chi connectivity index (χ3v) is 6.56. The molecule has 1 aliphatic rings. The van der Waals surface area contributed by atoms with Crippen molar-refractivity contribution in [2.75, 3.05) is 24.2 Å². The Labute approximate surface area is 192 Å². The standard InChI is InChI=1S/C21H24Cl2N2O5S/c1-21(2)11-17(15-7-6-14(29-3)10-19(15)30-21)24-20(26)12-25(31(4,27)28)18-9-13(22)5-8-16(18)23/h5-10,17H,11-12H2,1-4H3,(H,24,26). The maximum Gasteiger partial charge on any atom is 0.241 e. The lowest BCUT2D eigenvalue weighted by molar-refractivity contribution is -0.120. The van der Waals surface area contributed by atoms with E-state index >= 15 is 0 Å². The number of rotatable bonds is 6. The molecule has 0 radical (unpaired) electrons. The summed E-state index contributed by atoms with van der Waals surface area (Å²) in [5, 5.41) is 3.41. The summed E-state index contributed by atoms with van der Waals surface area (Å²) in [6, 6.07) is 9.46. The van der Waals surface area contributed by atoms with Gasteiger partial charge in [-0.05, 0) is 44.2 Å². The summed E-state index contributed by atoms with van der Waals surface area (Å²) in [6.45, 7) is 3.40. The molecular weight excluding hydrogens is 463 g/mol. The first-order chi connectivity index (χ1) is 14.4. The monoisotopic (exact) mass is 486 g/mol. The molecule has 0 saturated heterocycles. The molecule has 2 aromatic carbocycles. The minimum atomic E-state index is -3.80. The summed E-state index contributed by atoms with van der Waals surface area (Å²) in [5.74, 6) is 0.769. The summed E-state index contributed by atoms with van der Waals surface area (Å²) >= 11 is 12.2. The van der Waals surface area contributed by atoms with Crippen molar-refractivity contribution < 1.29 is 22.7 Å². The van der Waals surface area contributed by atoms with Crippen LogP contribution in [0.3, 0.4) is 0 Å². The molecule has 0 spiro atoms. The van der Waals surface area contributed by atoms with Gasteiger partial charge >= 0.3 is 0 Å². The first-order valence-electron chi connectivity index (χ1n) is 9.49. The van der Waals surface area contributed by atoms with E-state index in [0.717, 1.165) is 16.1 Å². The van der Waals surface area contributed by atoms with Crippen molar-refractivity contribution in [2.24, 2.45) is 0 Å². The second-order valence-electron chi connectivity index (χ2n) is 7.96. The van der Waals surface area contributed by atoms with Crippen LogP contribution in [0.2, 0.25) is 10.0 Å². The average molecular weight is 487 g/mol. The number of nitrogens with zero attached hydrogens (tertiary/aromatic N) is 1. The third kappa shape index (κ3) is 5.56. The highest BCUT2D eigenvalue weighted by atomic mass is 35.5. The second-order valence-corrected chi connectivity index (χ2v) is 10.7. The van der Waals surface area contributed by atoms with Crippen LogP contribution in [0, 0.1) is 0 Å². The normalized spacial score (nSPS) is 17.3. The van der Waals surface area contributed by atoms with Gasteiger partial charge in [-0.3, -0.25) is 9.10 Å². The highest BCUT2D eigenvalue weighted by Crippen LogP contribution is 2.41. The van der Waals surface area contributed by atoms with Crippen LogP contribution in [-0.2, 0) is 14.8 Å². The van der Waals surface area contributed by atoms with Crippen molar-refractivity contribution in [2.45, 2.75) is 31.9 Å². The Hall–Kier alpha value is -2.16. The van der Waals surface area contributed by atoms with Gasteiger partial charge in [0, 0.05) is 23.1 Å². The number of nitrogens with one attached hydrogen (secondary N) is 1. The minimum Gasteiger partial charge on any atom is -0.497 e. The smallest absolute Gasteiger partial charge is 0.241 e. The lowest BCUT2D eigenvalue weighted by atomic mass is 9.89. The predicted octanol–water partition coefficient (Wildman–Crippen LogP) is 4.19. The number of fused-ring (bicyclic) bond motifs is 1. The van der Waals surface area contributed by atoms with Crippen molar-refractivity contribution in [3.8, 4) is 11.5 Å². The molecule has 2 aromatic rings. The van der Waals surface area contributed by atoms with E-state index in [-0.39, 0.29) is 16.8 Å². The number of anilines is 1. The number of ether oxygens (including phenoxy) is 2. The number of carbonyl (C=O) groups is 1. The second kappa shape index (κ2) is 8.76. The van der Waals surface area contributed by atoms with Crippen molar-refractivity contribution >= 4 is 44.8 Å². The number of hydrogen-bond donors (Lipinski definition) is 1. The van der Waals surface area contributed by atoms with Crippen LogP contribution in [0.1, 0.15) is 31.9 Å².